The van der Waals surface area contributed by atoms with Gasteiger partial charge >= 0.3 is 5.85 Å². The summed E-state index contributed by atoms with van der Waals surface area (Å²) in [5.41, 5.74) is 3.78. The third kappa shape index (κ3) is 3.61. The van der Waals surface area contributed by atoms with E-state index in [1.54, 1.807) is 18.2 Å². The molecule has 1 amide bonds. The van der Waals surface area contributed by atoms with E-state index in [2.05, 4.69) is 5.32 Å². The Morgan fingerprint density at radius 3 is 2.83 bits per heavy atom. The summed E-state index contributed by atoms with van der Waals surface area (Å²) in [6, 6.07) is 23.0. The Labute approximate surface area is 207 Å². The summed E-state index contributed by atoms with van der Waals surface area (Å²) in [5.74, 6) is -0.109. The van der Waals surface area contributed by atoms with Crippen LogP contribution in [0.2, 0.25) is 0 Å². The fourth-order valence-corrected chi connectivity index (χ4v) is 5.62. The van der Waals surface area contributed by atoms with Gasteiger partial charge in [-0.3, -0.25) is 10.1 Å². The van der Waals surface area contributed by atoms with Gasteiger partial charge in [-0.05, 0) is 54.1 Å². The van der Waals surface area contributed by atoms with Crippen LogP contribution in [-0.4, -0.2) is 33.5 Å². The highest BCUT2D eigenvalue weighted by molar-refractivity contribution is 8.17. The van der Waals surface area contributed by atoms with Crippen LogP contribution in [0, 0.1) is 0 Å². The summed E-state index contributed by atoms with van der Waals surface area (Å²) >= 11 is 1.08. The minimum Gasteiger partial charge on any atom is -0.504 e. The first kappa shape index (κ1) is 21.6. The van der Waals surface area contributed by atoms with Crippen molar-refractivity contribution in [3.63, 3.8) is 0 Å². The summed E-state index contributed by atoms with van der Waals surface area (Å²) in [5, 5.41) is 19.8. The minimum atomic E-state index is -1.28. The highest BCUT2D eigenvalue weighted by atomic mass is 32.2. The number of nitrogens with one attached hydrogen (secondary N) is 1. The Kier molecular flexibility index (Phi) is 5.18. The molecule has 1 fully saturated rings. The second-order valence-electron chi connectivity index (χ2n) is 8.44. The zero-order chi connectivity index (χ0) is 24.0. The molecule has 2 N–H and O–H groups in total. The summed E-state index contributed by atoms with van der Waals surface area (Å²) in [7, 11) is 0. The predicted molar refractivity (Wildman–Crippen MR) is 135 cm³/mol. The lowest BCUT2D eigenvalue weighted by Crippen LogP contribution is -2.61. The van der Waals surface area contributed by atoms with Crippen LogP contribution in [0.3, 0.4) is 0 Å². The number of hydrogen-bond donors (Lipinski definition) is 2. The molecule has 1 spiro atoms. The smallest absolute Gasteiger partial charge is 0.314 e. The first-order valence-corrected chi connectivity index (χ1v) is 12.3. The van der Waals surface area contributed by atoms with Crippen molar-refractivity contribution >= 4 is 28.8 Å². The molecule has 3 aromatic rings. The van der Waals surface area contributed by atoms with Crippen LogP contribution in [0.1, 0.15) is 36.1 Å². The van der Waals surface area contributed by atoms with Gasteiger partial charge in [-0.2, -0.15) is 5.10 Å². The summed E-state index contributed by atoms with van der Waals surface area (Å²) in [4.78, 5) is 13.4. The zero-order valence-corrected chi connectivity index (χ0v) is 19.8. The lowest BCUT2D eigenvalue weighted by Gasteiger charge is -2.45. The van der Waals surface area contributed by atoms with Crippen LogP contribution < -0.4 is 14.8 Å². The number of phenols is 1. The number of para-hydroxylation sites is 1. The number of phenolic OH excluding ortho intramolecular Hbond substituents is 1. The molecule has 35 heavy (non-hydrogen) atoms. The Hall–Kier alpha value is -3.91. The van der Waals surface area contributed by atoms with Crippen LogP contribution in [0.15, 0.2) is 82.8 Å². The largest absolute Gasteiger partial charge is 0.504 e. The van der Waals surface area contributed by atoms with Crippen molar-refractivity contribution in [2.45, 2.75) is 25.2 Å². The van der Waals surface area contributed by atoms with E-state index in [1.807, 2.05) is 72.6 Å². The molecule has 3 aromatic carbocycles. The first-order valence-electron chi connectivity index (χ1n) is 11.5. The monoisotopic (exact) mass is 485 g/mol. The average molecular weight is 486 g/mol. The second kappa shape index (κ2) is 8.39. The normalized spacial score (nSPS) is 23.5. The molecular formula is C27H23N3O4S. The molecule has 8 heteroatoms. The first-order chi connectivity index (χ1) is 17.1. The van der Waals surface area contributed by atoms with Crippen LogP contribution in [0.5, 0.6) is 17.2 Å². The van der Waals surface area contributed by atoms with Crippen LogP contribution >= 0.6 is 11.8 Å². The predicted octanol–water partition coefficient (Wildman–Crippen LogP) is 5.49. The number of hydrogen-bond acceptors (Lipinski definition) is 7. The zero-order valence-electron chi connectivity index (χ0n) is 19.0. The standard InChI is InChI=1S/C27H23N3O4S/c1-2-33-24-14-17(12-13-22(24)31)15-25-27(28-26(32)35-25)30-21(19-10-6-7-11-23(19)34-27)16-20(29-30)18-8-4-3-5-9-18/h3-15,21,31H,2,16H2,1H3,(H,28,32)/b25-15-/t21-,27-/m0/s1. The number of carbonyl (C=O) groups is 1. The molecule has 176 valence electrons. The van der Waals surface area contributed by atoms with E-state index in [0.29, 0.717) is 29.4 Å². The molecule has 6 rings (SSSR count). The van der Waals surface area contributed by atoms with Gasteiger partial charge in [0.05, 0.1) is 23.3 Å². The third-order valence-electron chi connectivity index (χ3n) is 6.27. The number of carbonyl (C=O) groups excluding carboxylic acids is 1. The van der Waals surface area contributed by atoms with Gasteiger partial charge in [0.15, 0.2) is 11.5 Å². The molecular weight excluding hydrogens is 462 g/mol. The highest BCUT2D eigenvalue weighted by Crippen LogP contribution is 2.52. The SMILES string of the molecule is CCOc1cc(/C=C2\SC(=O)N[C@@]23Oc2ccccc2[C@@H]2CC(c4ccccc4)=NN23)ccc1O. The molecule has 0 unspecified atom stereocenters. The fraction of sp³-hybridized carbons (Fsp3) is 0.185. The molecule has 0 saturated carbocycles. The second-order valence-corrected chi connectivity index (χ2v) is 9.46. The molecule has 0 aromatic heterocycles. The molecule has 3 aliphatic heterocycles. The van der Waals surface area contributed by atoms with Crippen LogP contribution in [0.25, 0.3) is 6.08 Å². The molecule has 3 heterocycles. The van der Waals surface area contributed by atoms with Crippen molar-refractivity contribution in [2.75, 3.05) is 6.61 Å². The third-order valence-corrected chi connectivity index (χ3v) is 7.17. The molecule has 7 nitrogen and oxygen atoms in total. The van der Waals surface area contributed by atoms with Crippen molar-refractivity contribution in [3.8, 4) is 17.2 Å². The van der Waals surface area contributed by atoms with Gasteiger partial charge in [0.2, 0.25) is 0 Å². The number of nitrogens with zero attached hydrogens (tertiary/aromatic N) is 2. The van der Waals surface area contributed by atoms with Gasteiger partial charge in [0, 0.05) is 12.0 Å². The molecule has 0 bridgehead atoms. The maximum atomic E-state index is 12.8. The molecule has 3 aliphatic rings. The van der Waals surface area contributed by atoms with Crippen molar-refractivity contribution in [1.29, 1.82) is 0 Å². The van der Waals surface area contributed by atoms with E-state index in [4.69, 9.17) is 14.6 Å². The number of ether oxygens (including phenoxy) is 2. The lowest BCUT2D eigenvalue weighted by molar-refractivity contribution is -0.0949. The summed E-state index contributed by atoms with van der Waals surface area (Å²) in [6.45, 7) is 2.29. The van der Waals surface area contributed by atoms with E-state index >= 15 is 0 Å². The lowest BCUT2D eigenvalue weighted by atomic mass is 9.95. The topological polar surface area (TPSA) is 83.4 Å². The number of thioether (sulfide) groups is 1. The van der Waals surface area contributed by atoms with Gasteiger partial charge in [-0.1, -0.05) is 54.6 Å². The van der Waals surface area contributed by atoms with Gasteiger partial charge in [-0.25, -0.2) is 5.01 Å². The number of fused-ring (bicyclic) bond motifs is 4. The maximum absolute atomic E-state index is 12.8. The maximum Gasteiger partial charge on any atom is 0.314 e. The van der Waals surface area contributed by atoms with E-state index in [-0.39, 0.29) is 17.0 Å². The van der Waals surface area contributed by atoms with E-state index in [9.17, 15) is 9.90 Å². The highest BCUT2D eigenvalue weighted by Gasteiger charge is 2.58. The van der Waals surface area contributed by atoms with Gasteiger partial charge in [0.25, 0.3) is 5.24 Å². The number of hydrazone groups is 1. The van der Waals surface area contributed by atoms with Gasteiger partial charge in [-0.15, -0.1) is 0 Å². The summed E-state index contributed by atoms with van der Waals surface area (Å²) < 4.78 is 12.1. The Balaban J connectivity index is 1.49. The summed E-state index contributed by atoms with van der Waals surface area (Å²) in [6.07, 6.45) is 2.57. The molecule has 2 atom stereocenters. The average Bonchev–Trinajstić information content (AvgIpc) is 3.45. The molecule has 1 saturated heterocycles. The van der Waals surface area contributed by atoms with Crippen LogP contribution in [-0.2, 0) is 0 Å². The number of aromatic hydroxyl groups is 1. The molecule has 0 radical (unpaired) electrons. The van der Waals surface area contributed by atoms with Gasteiger partial charge < -0.3 is 14.6 Å². The Bertz CT molecular complexity index is 1370. The quantitative estimate of drug-likeness (QED) is 0.509. The Morgan fingerprint density at radius 2 is 2.00 bits per heavy atom. The molecule has 0 aliphatic carbocycles. The Morgan fingerprint density at radius 1 is 1.20 bits per heavy atom. The van der Waals surface area contributed by atoms with Crippen molar-refractivity contribution in [3.05, 3.63) is 94.4 Å². The van der Waals surface area contributed by atoms with E-state index < -0.39 is 5.85 Å². The van der Waals surface area contributed by atoms with Crippen molar-refractivity contribution in [1.82, 2.24) is 10.3 Å². The van der Waals surface area contributed by atoms with E-state index in [0.717, 1.165) is 34.2 Å². The minimum absolute atomic E-state index is 0.0662. The number of benzene rings is 3. The van der Waals surface area contributed by atoms with Gasteiger partial charge in [0.1, 0.15) is 5.75 Å². The van der Waals surface area contributed by atoms with E-state index in [1.165, 1.54) is 0 Å². The number of amides is 1. The van der Waals surface area contributed by atoms with Crippen molar-refractivity contribution < 1.29 is 19.4 Å². The fourth-order valence-electron chi connectivity index (χ4n) is 4.71. The number of rotatable bonds is 4. The van der Waals surface area contributed by atoms with Crippen LogP contribution in [0.4, 0.5) is 4.79 Å². The van der Waals surface area contributed by atoms with Crippen molar-refractivity contribution in [2.24, 2.45) is 5.10 Å².